The van der Waals surface area contributed by atoms with Crippen LogP contribution in [0.25, 0.3) is 0 Å². The number of amides is 1. The molecule has 2 rings (SSSR count). The molecule has 0 aromatic heterocycles. The van der Waals surface area contributed by atoms with E-state index in [1.165, 1.54) is 0 Å². The van der Waals surface area contributed by atoms with Gasteiger partial charge < -0.3 is 25.4 Å². The van der Waals surface area contributed by atoms with E-state index in [1.54, 1.807) is 21.1 Å². The minimum Gasteiger partial charge on any atom is -0.497 e. The Kier molecular flexibility index (Phi) is 6.77. The van der Waals surface area contributed by atoms with E-state index in [4.69, 9.17) is 15.2 Å². The number of carbonyl (C=O) groups is 1. The molecular formula is C15H24ClN3O3. The second-order valence-corrected chi connectivity index (χ2v) is 5.30. The topological polar surface area (TPSA) is 76.8 Å². The van der Waals surface area contributed by atoms with Gasteiger partial charge in [-0.3, -0.25) is 4.79 Å². The van der Waals surface area contributed by atoms with Gasteiger partial charge in [0.05, 0.1) is 20.3 Å². The van der Waals surface area contributed by atoms with Gasteiger partial charge in [-0.25, -0.2) is 0 Å². The zero-order valence-corrected chi connectivity index (χ0v) is 14.0. The van der Waals surface area contributed by atoms with Gasteiger partial charge in [-0.2, -0.15) is 0 Å². The Balaban J connectivity index is 0.00000242. The SMILES string of the molecule is COc1cc(OC)cc(N2CCC(NC(=O)C(C)N)C2)c1.Cl. The molecule has 0 saturated carbocycles. The van der Waals surface area contributed by atoms with Crippen LogP contribution in [-0.2, 0) is 4.79 Å². The van der Waals surface area contributed by atoms with Crippen LogP contribution in [0.2, 0.25) is 0 Å². The molecule has 1 amide bonds. The summed E-state index contributed by atoms with van der Waals surface area (Å²) in [6.07, 6.45) is 0.901. The molecule has 0 radical (unpaired) electrons. The summed E-state index contributed by atoms with van der Waals surface area (Å²) in [7, 11) is 3.27. The maximum atomic E-state index is 11.6. The Morgan fingerprint density at radius 1 is 1.32 bits per heavy atom. The number of hydrogen-bond acceptors (Lipinski definition) is 5. The number of methoxy groups -OCH3 is 2. The van der Waals surface area contributed by atoms with Crippen LogP contribution in [0.15, 0.2) is 18.2 Å². The summed E-state index contributed by atoms with van der Waals surface area (Å²) in [6, 6.07) is 5.43. The molecule has 0 bridgehead atoms. The third-order valence-corrected chi connectivity index (χ3v) is 3.65. The standard InChI is InChI=1S/C15H23N3O3.ClH/c1-10(16)15(19)17-11-4-5-18(9-11)12-6-13(20-2)8-14(7-12)21-3;/h6-8,10-11H,4-5,9,16H2,1-3H3,(H,17,19);1H. The van der Waals surface area contributed by atoms with Crippen molar-refractivity contribution >= 4 is 24.0 Å². The molecule has 6 nitrogen and oxygen atoms in total. The van der Waals surface area contributed by atoms with E-state index in [2.05, 4.69) is 10.2 Å². The van der Waals surface area contributed by atoms with Crippen LogP contribution in [0.5, 0.6) is 11.5 Å². The molecule has 7 heteroatoms. The smallest absolute Gasteiger partial charge is 0.236 e. The van der Waals surface area contributed by atoms with Gasteiger partial charge in [-0.1, -0.05) is 0 Å². The molecule has 1 saturated heterocycles. The lowest BCUT2D eigenvalue weighted by atomic mass is 10.2. The average molecular weight is 330 g/mol. The van der Waals surface area contributed by atoms with Gasteiger partial charge in [0.1, 0.15) is 11.5 Å². The molecule has 1 aromatic rings. The number of rotatable bonds is 5. The maximum Gasteiger partial charge on any atom is 0.236 e. The predicted molar refractivity (Wildman–Crippen MR) is 89.2 cm³/mol. The summed E-state index contributed by atoms with van der Waals surface area (Å²) in [5.74, 6) is 1.41. The molecule has 1 heterocycles. The van der Waals surface area contributed by atoms with Crippen molar-refractivity contribution in [3.05, 3.63) is 18.2 Å². The molecule has 0 spiro atoms. The molecule has 1 aliphatic rings. The Bertz CT molecular complexity index is 489. The largest absolute Gasteiger partial charge is 0.497 e. The van der Waals surface area contributed by atoms with Gasteiger partial charge in [-0.15, -0.1) is 12.4 Å². The summed E-state index contributed by atoms with van der Waals surface area (Å²) >= 11 is 0. The number of anilines is 1. The van der Waals surface area contributed by atoms with Crippen LogP contribution in [0.3, 0.4) is 0 Å². The van der Waals surface area contributed by atoms with Crippen molar-refractivity contribution in [1.29, 1.82) is 0 Å². The van der Waals surface area contributed by atoms with Crippen molar-refractivity contribution < 1.29 is 14.3 Å². The van der Waals surface area contributed by atoms with Crippen LogP contribution < -0.4 is 25.4 Å². The average Bonchev–Trinajstić information content (AvgIpc) is 2.95. The molecule has 1 aliphatic heterocycles. The number of benzene rings is 1. The van der Waals surface area contributed by atoms with Crippen molar-refractivity contribution in [3.63, 3.8) is 0 Å². The molecule has 22 heavy (non-hydrogen) atoms. The van der Waals surface area contributed by atoms with Crippen LogP contribution in [-0.4, -0.2) is 45.3 Å². The van der Waals surface area contributed by atoms with Gasteiger partial charge in [-0.05, 0) is 13.3 Å². The van der Waals surface area contributed by atoms with Crippen LogP contribution >= 0.6 is 12.4 Å². The number of carbonyl (C=O) groups excluding carboxylic acids is 1. The van der Waals surface area contributed by atoms with Crippen molar-refractivity contribution in [2.75, 3.05) is 32.2 Å². The summed E-state index contributed by atoms with van der Waals surface area (Å²) in [5.41, 5.74) is 6.61. The van der Waals surface area contributed by atoms with E-state index in [-0.39, 0.29) is 24.4 Å². The highest BCUT2D eigenvalue weighted by molar-refractivity contribution is 5.85. The van der Waals surface area contributed by atoms with Gasteiger partial charge in [0, 0.05) is 43.0 Å². The normalized spacial score (nSPS) is 18.4. The second kappa shape index (κ2) is 8.10. The quantitative estimate of drug-likeness (QED) is 0.848. The van der Waals surface area contributed by atoms with E-state index >= 15 is 0 Å². The van der Waals surface area contributed by atoms with Crippen LogP contribution in [0.1, 0.15) is 13.3 Å². The summed E-state index contributed by atoms with van der Waals surface area (Å²) in [5, 5.41) is 2.97. The Morgan fingerprint density at radius 2 is 1.91 bits per heavy atom. The van der Waals surface area contributed by atoms with E-state index in [0.29, 0.717) is 0 Å². The third-order valence-electron chi connectivity index (χ3n) is 3.65. The number of halogens is 1. The minimum absolute atomic E-state index is 0. The highest BCUT2D eigenvalue weighted by Gasteiger charge is 2.25. The molecular weight excluding hydrogens is 306 g/mol. The highest BCUT2D eigenvalue weighted by atomic mass is 35.5. The second-order valence-electron chi connectivity index (χ2n) is 5.30. The summed E-state index contributed by atoms with van der Waals surface area (Å²) in [6.45, 7) is 3.32. The Hall–Kier alpha value is -1.66. The van der Waals surface area contributed by atoms with E-state index < -0.39 is 6.04 Å². The first kappa shape index (κ1) is 18.4. The number of nitrogens with two attached hydrogens (primary N) is 1. The zero-order chi connectivity index (χ0) is 15.4. The molecule has 2 atom stereocenters. The first-order valence-electron chi connectivity index (χ1n) is 7.07. The van der Waals surface area contributed by atoms with Crippen LogP contribution in [0.4, 0.5) is 5.69 Å². The number of nitrogens with one attached hydrogen (secondary N) is 1. The molecule has 124 valence electrons. The third kappa shape index (κ3) is 4.42. The van der Waals surface area contributed by atoms with E-state index in [9.17, 15) is 4.79 Å². The van der Waals surface area contributed by atoms with Crippen molar-refractivity contribution in [2.45, 2.75) is 25.4 Å². The van der Waals surface area contributed by atoms with Crippen molar-refractivity contribution in [3.8, 4) is 11.5 Å². The molecule has 1 fully saturated rings. The summed E-state index contributed by atoms with van der Waals surface area (Å²) < 4.78 is 10.6. The lowest BCUT2D eigenvalue weighted by Crippen LogP contribution is -2.44. The van der Waals surface area contributed by atoms with Gasteiger partial charge >= 0.3 is 0 Å². The monoisotopic (exact) mass is 329 g/mol. The fourth-order valence-corrected chi connectivity index (χ4v) is 2.42. The number of hydrogen-bond donors (Lipinski definition) is 2. The fraction of sp³-hybridized carbons (Fsp3) is 0.533. The van der Waals surface area contributed by atoms with E-state index in [0.717, 1.165) is 36.7 Å². The van der Waals surface area contributed by atoms with Crippen LogP contribution in [0, 0.1) is 0 Å². The van der Waals surface area contributed by atoms with Gasteiger partial charge in [0.2, 0.25) is 5.91 Å². The first-order valence-corrected chi connectivity index (χ1v) is 7.07. The van der Waals surface area contributed by atoms with Gasteiger partial charge in [0.15, 0.2) is 0 Å². The predicted octanol–water partition coefficient (Wildman–Crippen LogP) is 1.17. The lowest BCUT2D eigenvalue weighted by Gasteiger charge is -2.21. The van der Waals surface area contributed by atoms with E-state index in [1.807, 2.05) is 18.2 Å². The molecule has 3 N–H and O–H groups in total. The molecule has 2 unspecified atom stereocenters. The fourth-order valence-electron chi connectivity index (χ4n) is 2.42. The Morgan fingerprint density at radius 3 is 2.41 bits per heavy atom. The highest BCUT2D eigenvalue weighted by Crippen LogP contribution is 2.30. The molecule has 1 aromatic carbocycles. The summed E-state index contributed by atoms with van der Waals surface area (Å²) in [4.78, 5) is 13.9. The van der Waals surface area contributed by atoms with Crippen molar-refractivity contribution in [1.82, 2.24) is 5.32 Å². The van der Waals surface area contributed by atoms with Gasteiger partial charge in [0.25, 0.3) is 0 Å². The van der Waals surface area contributed by atoms with Crippen molar-refractivity contribution in [2.24, 2.45) is 5.73 Å². The first-order chi connectivity index (χ1) is 10.0. The lowest BCUT2D eigenvalue weighted by molar-refractivity contribution is -0.122. The zero-order valence-electron chi connectivity index (χ0n) is 13.2. The molecule has 0 aliphatic carbocycles. The minimum atomic E-state index is -0.476. The number of nitrogens with zero attached hydrogens (tertiary/aromatic N) is 1. The Labute approximate surface area is 137 Å². The maximum absolute atomic E-state index is 11.6. The number of ether oxygens (including phenoxy) is 2.